The normalized spacial score (nSPS) is 10.7. The Morgan fingerprint density at radius 2 is 1.85 bits per heavy atom. The zero-order valence-corrected chi connectivity index (χ0v) is 11.0. The first-order valence-electron chi connectivity index (χ1n) is 6.38. The molecule has 0 saturated heterocycles. The van der Waals surface area contributed by atoms with Gasteiger partial charge in [-0.1, -0.05) is 35.9 Å². The number of fused-ring (bicyclic) bond motifs is 1. The molecule has 0 radical (unpaired) electrons. The molecule has 3 rings (SSSR count). The van der Waals surface area contributed by atoms with E-state index in [-0.39, 0.29) is 16.8 Å². The van der Waals surface area contributed by atoms with Gasteiger partial charge in [0, 0.05) is 22.7 Å². The molecule has 0 unspecified atom stereocenters. The van der Waals surface area contributed by atoms with Crippen molar-refractivity contribution in [2.24, 2.45) is 0 Å². The van der Waals surface area contributed by atoms with Gasteiger partial charge in [-0.05, 0) is 25.1 Å². The van der Waals surface area contributed by atoms with Crippen molar-refractivity contribution in [1.82, 2.24) is 4.98 Å². The van der Waals surface area contributed by atoms with Crippen LogP contribution in [0.1, 0.15) is 21.5 Å². The van der Waals surface area contributed by atoms with Gasteiger partial charge in [0.1, 0.15) is 0 Å². The number of aryl methyl sites for hydroxylation is 1. The molecule has 98 valence electrons. The van der Waals surface area contributed by atoms with Crippen LogP contribution in [0, 0.1) is 6.92 Å². The molecule has 20 heavy (non-hydrogen) atoms. The molecule has 0 aliphatic carbocycles. The third kappa shape index (κ3) is 2.03. The number of carbonyl (C=O) groups is 1. The summed E-state index contributed by atoms with van der Waals surface area (Å²) in [5, 5.41) is 0.533. The number of benzene rings is 2. The van der Waals surface area contributed by atoms with Gasteiger partial charge in [-0.3, -0.25) is 9.59 Å². The maximum Gasteiger partial charge on any atom is 0.200 e. The Labute approximate surface area is 115 Å². The molecule has 0 aliphatic rings. The molecule has 3 aromatic rings. The summed E-state index contributed by atoms with van der Waals surface area (Å²) >= 11 is 0. The zero-order chi connectivity index (χ0) is 14.1. The largest absolute Gasteiger partial charge is 0.360 e. The molecule has 3 heteroatoms. The minimum absolute atomic E-state index is 0.175. The molecule has 3 nitrogen and oxygen atoms in total. The lowest BCUT2D eigenvalue weighted by Gasteiger charge is -2.04. The van der Waals surface area contributed by atoms with Gasteiger partial charge in [-0.25, -0.2) is 0 Å². The molecule has 0 fully saturated rings. The number of ketones is 1. The van der Waals surface area contributed by atoms with E-state index >= 15 is 0 Å². The van der Waals surface area contributed by atoms with E-state index in [4.69, 9.17) is 0 Å². The van der Waals surface area contributed by atoms with Gasteiger partial charge in [-0.15, -0.1) is 0 Å². The molecular formula is C17H13NO2. The van der Waals surface area contributed by atoms with Crippen molar-refractivity contribution in [3.05, 3.63) is 81.6 Å². The summed E-state index contributed by atoms with van der Waals surface area (Å²) in [6, 6.07) is 14.4. The summed E-state index contributed by atoms with van der Waals surface area (Å²) in [4.78, 5) is 27.8. The predicted octanol–water partition coefficient (Wildman–Crippen LogP) is 3.07. The average molecular weight is 263 g/mol. The van der Waals surface area contributed by atoms with Crippen molar-refractivity contribution in [3.63, 3.8) is 0 Å². The Kier molecular flexibility index (Phi) is 2.95. The monoisotopic (exact) mass is 263 g/mol. The van der Waals surface area contributed by atoms with Crippen LogP contribution >= 0.6 is 0 Å². The minimum Gasteiger partial charge on any atom is -0.360 e. The molecule has 0 atom stereocenters. The Balaban J connectivity index is 2.18. The highest BCUT2D eigenvalue weighted by atomic mass is 16.1. The molecule has 1 aromatic heterocycles. The third-order valence-corrected chi connectivity index (χ3v) is 3.31. The topological polar surface area (TPSA) is 49.9 Å². The van der Waals surface area contributed by atoms with Crippen molar-refractivity contribution < 1.29 is 4.79 Å². The van der Waals surface area contributed by atoms with Gasteiger partial charge < -0.3 is 4.98 Å². The van der Waals surface area contributed by atoms with Crippen LogP contribution in [0.2, 0.25) is 0 Å². The van der Waals surface area contributed by atoms with Crippen LogP contribution in [0.5, 0.6) is 0 Å². The fourth-order valence-electron chi connectivity index (χ4n) is 2.28. The van der Waals surface area contributed by atoms with Gasteiger partial charge in [0.25, 0.3) is 0 Å². The number of aromatic nitrogens is 1. The van der Waals surface area contributed by atoms with E-state index in [1.165, 1.54) is 6.20 Å². The highest BCUT2D eigenvalue weighted by Crippen LogP contribution is 2.12. The van der Waals surface area contributed by atoms with Crippen LogP contribution in [-0.2, 0) is 0 Å². The van der Waals surface area contributed by atoms with Crippen molar-refractivity contribution in [1.29, 1.82) is 0 Å². The number of aromatic amines is 1. The molecule has 2 aromatic carbocycles. The van der Waals surface area contributed by atoms with E-state index in [9.17, 15) is 9.59 Å². The van der Waals surface area contributed by atoms with Gasteiger partial charge in [0.15, 0.2) is 5.78 Å². The molecule has 0 aliphatic heterocycles. The molecule has 0 saturated carbocycles. The smallest absolute Gasteiger partial charge is 0.200 e. The number of para-hydroxylation sites is 1. The summed E-state index contributed by atoms with van der Waals surface area (Å²) < 4.78 is 0. The lowest BCUT2D eigenvalue weighted by atomic mass is 10.0. The maximum atomic E-state index is 12.4. The van der Waals surface area contributed by atoms with Crippen LogP contribution in [-0.4, -0.2) is 10.8 Å². The number of nitrogens with one attached hydrogen (secondary N) is 1. The summed E-state index contributed by atoms with van der Waals surface area (Å²) in [6.45, 7) is 1.92. The number of H-pyrrole nitrogens is 1. The number of carbonyl (C=O) groups excluding carboxylic acids is 1. The van der Waals surface area contributed by atoms with Crippen LogP contribution in [0.4, 0.5) is 0 Å². The molecular weight excluding hydrogens is 250 g/mol. The predicted molar refractivity (Wildman–Crippen MR) is 79.2 cm³/mol. The summed E-state index contributed by atoms with van der Waals surface area (Å²) in [7, 11) is 0. The number of pyridine rings is 1. The number of rotatable bonds is 2. The first kappa shape index (κ1) is 12.4. The van der Waals surface area contributed by atoms with E-state index < -0.39 is 0 Å². The van der Waals surface area contributed by atoms with Crippen molar-refractivity contribution in [2.45, 2.75) is 6.92 Å². The van der Waals surface area contributed by atoms with Crippen LogP contribution < -0.4 is 5.43 Å². The SMILES string of the molecule is Cc1cccc(C(=O)c2c[nH]c3ccccc3c2=O)c1. The van der Waals surface area contributed by atoms with E-state index in [1.807, 2.05) is 31.2 Å². The Bertz CT molecular complexity index is 862. The minimum atomic E-state index is -0.249. The standard InChI is InChI=1S/C17H13NO2/c1-11-5-4-6-12(9-11)16(19)14-10-18-15-8-3-2-7-13(15)17(14)20/h2-10H,1H3,(H,18,20). The highest BCUT2D eigenvalue weighted by molar-refractivity contribution is 6.10. The Hall–Kier alpha value is -2.68. The van der Waals surface area contributed by atoms with E-state index in [0.29, 0.717) is 10.9 Å². The fraction of sp³-hybridized carbons (Fsp3) is 0.0588. The third-order valence-electron chi connectivity index (χ3n) is 3.31. The van der Waals surface area contributed by atoms with Crippen LogP contribution in [0.3, 0.4) is 0 Å². The van der Waals surface area contributed by atoms with E-state index in [1.54, 1.807) is 24.3 Å². The average Bonchev–Trinajstić information content (AvgIpc) is 2.47. The Morgan fingerprint density at radius 1 is 1.05 bits per heavy atom. The number of hydrogen-bond donors (Lipinski definition) is 1. The number of hydrogen-bond acceptors (Lipinski definition) is 2. The van der Waals surface area contributed by atoms with E-state index in [2.05, 4.69) is 4.98 Å². The van der Waals surface area contributed by atoms with Gasteiger partial charge in [0.2, 0.25) is 5.43 Å². The summed E-state index contributed by atoms with van der Waals surface area (Å²) in [5.41, 5.74) is 2.21. The first-order chi connectivity index (χ1) is 9.66. The second-order valence-electron chi connectivity index (χ2n) is 4.78. The van der Waals surface area contributed by atoms with E-state index in [0.717, 1.165) is 11.1 Å². The van der Waals surface area contributed by atoms with Crippen molar-refractivity contribution >= 4 is 16.7 Å². The fourth-order valence-corrected chi connectivity index (χ4v) is 2.28. The second kappa shape index (κ2) is 4.78. The van der Waals surface area contributed by atoms with Gasteiger partial charge in [0.05, 0.1) is 5.56 Å². The Morgan fingerprint density at radius 3 is 2.65 bits per heavy atom. The van der Waals surface area contributed by atoms with Gasteiger partial charge >= 0.3 is 0 Å². The maximum absolute atomic E-state index is 12.4. The summed E-state index contributed by atoms with van der Waals surface area (Å²) in [6.07, 6.45) is 1.50. The first-order valence-corrected chi connectivity index (χ1v) is 6.38. The van der Waals surface area contributed by atoms with Crippen LogP contribution in [0.25, 0.3) is 10.9 Å². The van der Waals surface area contributed by atoms with Crippen molar-refractivity contribution in [2.75, 3.05) is 0 Å². The highest BCUT2D eigenvalue weighted by Gasteiger charge is 2.14. The molecule has 1 N–H and O–H groups in total. The lowest BCUT2D eigenvalue weighted by Crippen LogP contribution is -2.16. The quantitative estimate of drug-likeness (QED) is 0.722. The second-order valence-corrected chi connectivity index (χ2v) is 4.78. The lowest BCUT2D eigenvalue weighted by molar-refractivity contribution is 0.103. The molecule has 0 bridgehead atoms. The molecule has 0 amide bonds. The van der Waals surface area contributed by atoms with Crippen LogP contribution in [0.15, 0.2) is 59.5 Å². The summed E-state index contributed by atoms with van der Waals surface area (Å²) in [5.74, 6) is -0.249. The molecule has 1 heterocycles. The van der Waals surface area contributed by atoms with Crippen molar-refractivity contribution in [3.8, 4) is 0 Å². The zero-order valence-electron chi connectivity index (χ0n) is 11.0. The van der Waals surface area contributed by atoms with Gasteiger partial charge in [-0.2, -0.15) is 0 Å². The molecule has 0 spiro atoms.